The van der Waals surface area contributed by atoms with Crippen molar-refractivity contribution in [2.45, 2.75) is 24.9 Å². The summed E-state index contributed by atoms with van der Waals surface area (Å²) in [6, 6.07) is 9.04. The number of ether oxygens (including phenoxy) is 2. The lowest BCUT2D eigenvalue weighted by Crippen LogP contribution is -2.45. The normalized spacial score (nSPS) is 15.6. The van der Waals surface area contributed by atoms with E-state index in [0.717, 1.165) is 5.39 Å². The third-order valence-electron chi connectivity index (χ3n) is 5.45. The fraction of sp³-hybridized carbons (Fsp3) is 0.409. The van der Waals surface area contributed by atoms with Crippen LogP contribution in [0, 0.1) is 16.2 Å². The van der Waals surface area contributed by atoms with Crippen LogP contribution in [0.1, 0.15) is 24.8 Å². The van der Waals surface area contributed by atoms with E-state index in [1.165, 1.54) is 7.11 Å². The number of aromatic nitrogens is 1. The lowest BCUT2D eigenvalue weighted by molar-refractivity contribution is -0.115. The van der Waals surface area contributed by atoms with E-state index >= 15 is 0 Å². The van der Waals surface area contributed by atoms with Gasteiger partial charge in [0.25, 0.3) is 5.91 Å². The summed E-state index contributed by atoms with van der Waals surface area (Å²) in [5.74, 6) is -1.20. The van der Waals surface area contributed by atoms with Crippen LogP contribution in [0.25, 0.3) is 10.9 Å². The molecular formula is C22H28N6O4S. The highest BCUT2D eigenvalue weighted by molar-refractivity contribution is 7.96. The van der Waals surface area contributed by atoms with E-state index in [0.29, 0.717) is 31.4 Å². The second-order valence-corrected chi connectivity index (χ2v) is 8.65. The van der Waals surface area contributed by atoms with Gasteiger partial charge in [0.2, 0.25) is 17.7 Å². The molecule has 2 aromatic rings. The highest BCUT2D eigenvalue weighted by Crippen LogP contribution is 2.28. The van der Waals surface area contributed by atoms with Crippen molar-refractivity contribution < 1.29 is 19.4 Å². The molecule has 0 unspecified atom stereocenters. The largest absolute Gasteiger partial charge is 0.480 e. The number of fused-ring (bicyclic) bond motifs is 1. The van der Waals surface area contributed by atoms with Crippen LogP contribution in [0.3, 0.4) is 0 Å². The van der Waals surface area contributed by atoms with E-state index < -0.39 is 11.5 Å². The van der Waals surface area contributed by atoms with Crippen LogP contribution in [-0.2, 0) is 9.53 Å². The molecule has 1 aromatic heterocycles. The van der Waals surface area contributed by atoms with Crippen LogP contribution >= 0.6 is 11.9 Å². The number of piperidine rings is 1. The number of carbonyl (C=O) groups excluding carboxylic acids is 1. The van der Waals surface area contributed by atoms with Crippen molar-refractivity contribution in [2.24, 2.45) is 0 Å². The maximum atomic E-state index is 12.3. The van der Waals surface area contributed by atoms with Gasteiger partial charge in [-0.3, -0.25) is 25.3 Å². The number of nitrogens with one attached hydrogen (secondary N) is 4. The molecule has 0 atom stereocenters. The van der Waals surface area contributed by atoms with Crippen LogP contribution in [0.2, 0.25) is 0 Å². The smallest absolute Gasteiger partial charge is 0.265 e. The summed E-state index contributed by atoms with van der Waals surface area (Å²) in [6.45, 7) is 1.09. The molecule has 1 saturated heterocycles. The Morgan fingerprint density at radius 2 is 1.97 bits per heavy atom. The van der Waals surface area contributed by atoms with E-state index in [1.807, 2.05) is 30.5 Å². The average Bonchev–Trinajstić information content (AvgIpc) is 2.81. The monoisotopic (exact) mass is 472 g/mol. The van der Waals surface area contributed by atoms with Gasteiger partial charge in [-0.25, -0.2) is 4.98 Å². The molecule has 0 bridgehead atoms. The van der Waals surface area contributed by atoms with Crippen molar-refractivity contribution in [1.29, 1.82) is 16.2 Å². The quantitative estimate of drug-likeness (QED) is 0.224. The number of hydrogen-bond acceptors (Lipinski definition) is 10. The highest BCUT2D eigenvalue weighted by atomic mass is 32.2. The molecule has 10 nitrogen and oxygen atoms in total. The predicted octanol–water partition coefficient (Wildman–Crippen LogP) is 2.19. The molecule has 1 aliphatic rings. The summed E-state index contributed by atoms with van der Waals surface area (Å²) in [7, 11) is 1.43. The second-order valence-electron chi connectivity index (χ2n) is 7.77. The first-order chi connectivity index (χ1) is 15.7. The molecule has 33 heavy (non-hydrogen) atoms. The minimum Gasteiger partial charge on any atom is -0.480 e. The number of hydrogen-bond donors (Lipinski definition) is 5. The van der Waals surface area contributed by atoms with Gasteiger partial charge in [-0.1, -0.05) is 30.1 Å². The van der Waals surface area contributed by atoms with Gasteiger partial charge >= 0.3 is 0 Å². The third kappa shape index (κ3) is 6.28. The summed E-state index contributed by atoms with van der Waals surface area (Å²) < 4.78 is 12.6. The number of carbonyl (C=O) groups is 1. The standard InChI is InChI=1S/C22H28N6O4S/c1-31-21-15(11-14-5-3-4-6-17(14)27-21)19(25)32-18(24)13-26-20(29)16(23)12-22(30)7-9-28(33-2)10-8-22/h3-6,11,23-25,30H,7-10,12-13H2,1-2H3,(H,26,29). The summed E-state index contributed by atoms with van der Waals surface area (Å²) >= 11 is 1.61. The molecule has 0 saturated carbocycles. The summed E-state index contributed by atoms with van der Waals surface area (Å²) in [5, 5.41) is 38.1. The van der Waals surface area contributed by atoms with Gasteiger partial charge in [0.15, 0.2) is 0 Å². The summed E-state index contributed by atoms with van der Waals surface area (Å²) in [6.07, 6.45) is 2.90. The van der Waals surface area contributed by atoms with Crippen molar-refractivity contribution in [1.82, 2.24) is 14.6 Å². The van der Waals surface area contributed by atoms with Gasteiger partial charge in [-0.2, -0.15) is 0 Å². The molecule has 2 heterocycles. The van der Waals surface area contributed by atoms with Crippen molar-refractivity contribution in [2.75, 3.05) is 33.0 Å². The topological polar surface area (TPSA) is 155 Å². The number of methoxy groups -OCH3 is 1. The molecule has 0 radical (unpaired) electrons. The molecule has 5 N–H and O–H groups in total. The Morgan fingerprint density at radius 1 is 1.27 bits per heavy atom. The van der Waals surface area contributed by atoms with E-state index in [-0.39, 0.29) is 41.9 Å². The van der Waals surface area contributed by atoms with E-state index in [2.05, 4.69) is 14.6 Å². The van der Waals surface area contributed by atoms with Crippen LogP contribution in [0.5, 0.6) is 5.88 Å². The molecule has 1 fully saturated rings. The second kappa shape index (κ2) is 10.7. The fourth-order valence-electron chi connectivity index (χ4n) is 3.57. The number of pyridine rings is 1. The number of rotatable bonds is 8. The van der Waals surface area contributed by atoms with Crippen molar-refractivity contribution >= 4 is 46.3 Å². The number of amides is 1. The molecular weight excluding hydrogens is 444 g/mol. The maximum absolute atomic E-state index is 12.3. The lowest BCUT2D eigenvalue weighted by Gasteiger charge is -2.37. The van der Waals surface area contributed by atoms with Gasteiger partial charge in [-0.05, 0) is 31.2 Å². The zero-order valence-electron chi connectivity index (χ0n) is 18.6. The minimum atomic E-state index is -1.08. The predicted molar refractivity (Wildman–Crippen MR) is 129 cm³/mol. The van der Waals surface area contributed by atoms with Gasteiger partial charge < -0.3 is 19.9 Å². The van der Waals surface area contributed by atoms with Crippen molar-refractivity contribution in [3.8, 4) is 5.88 Å². The number of aliphatic hydroxyl groups is 1. The first kappa shape index (κ1) is 24.6. The Morgan fingerprint density at radius 3 is 2.64 bits per heavy atom. The Bertz CT molecular complexity index is 1070. The van der Waals surface area contributed by atoms with Gasteiger partial charge in [0.05, 0.1) is 36.0 Å². The Hall–Kier alpha value is -3.02. The first-order valence-corrected chi connectivity index (χ1v) is 11.6. The summed E-state index contributed by atoms with van der Waals surface area (Å²) in [4.78, 5) is 16.6. The maximum Gasteiger partial charge on any atom is 0.265 e. The number of benzene rings is 1. The average molecular weight is 473 g/mol. The molecule has 0 spiro atoms. The van der Waals surface area contributed by atoms with Gasteiger partial charge in [-0.15, -0.1) is 0 Å². The van der Waals surface area contributed by atoms with E-state index in [1.54, 1.807) is 18.0 Å². The Kier molecular flexibility index (Phi) is 8.01. The molecule has 3 rings (SSSR count). The highest BCUT2D eigenvalue weighted by Gasteiger charge is 2.34. The van der Waals surface area contributed by atoms with Gasteiger partial charge in [0.1, 0.15) is 0 Å². The van der Waals surface area contributed by atoms with E-state index in [9.17, 15) is 9.90 Å². The minimum absolute atomic E-state index is 0.0506. The number of para-hydroxylation sites is 1. The molecule has 11 heteroatoms. The van der Waals surface area contributed by atoms with Crippen molar-refractivity contribution in [3.63, 3.8) is 0 Å². The summed E-state index contributed by atoms with van der Waals surface area (Å²) in [5.41, 5.74) is -0.350. The van der Waals surface area contributed by atoms with Crippen LogP contribution in [-0.4, -0.2) is 76.4 Å². The van der Waals surface area contributed by atoms with Crippen molar-refractivity contribution in [3.05, 3.63) is 35.9 Å². The van der Waals surface area contributed by atoms with Crippen LogP contribution in [0.4, 0.5) is 0 Å². The molecule has 176 valence electrons. The van der Waals surface area contributed by atoms with E-state index in [4.69, 9.17) is 25.7 Å². The molecule has 1 aromatic carbocycles. The molecule has 1 amide bonds. The van der Waals surface area contributed by atoms with Crippen LogP contribution in [0.15, 0.2) is 30.3 Å². The Labute approximate surface area is 196 Å². The molecule has 0 aliphatic carbocycles. The number of nitrogens with zero attached hydrogens (tertiary/aromatic N) is 2. The van der Waals surface area contributed by atoms with Gasteiger partial charge in [0, 0.05) is 24.9 Å². The third-order valence-corrected chi connectivity index (χ3v) is 6.33. The SMILES string of the molecule is COc1nc2ccccc2cc1C(=N)OC(=N)CNC(=O)C(=N)CC1(O)CCN(SC)CC1. The van der Waals surface area contributed by atoms with Crippen LogP contribution < -0.4 is 10.1 Å². The lowest BCUT2D eigenvalue weighted by atomic mass is 9.87. The molecule has 1 aliphatic heterocycles. The fourth-order valence-corrected chi connectivity index (χ4v) is 4.12. The first-order valence-electron chi connectivity index (χ1n) is 10.4. The Balaban J connectivity index is 1.52. The zero-order valence-corrected chi connectivity index (χ0v) is 19.4. The zero-order chi connectivity index (χ0) is 24.0.